The topological polar surface area (TPSA) is 9.23 Å². The first-order valence-electron chi connectivity index (χ1n) is 10.8. The van der Waals surface area contributed by atoms with Crippen LogP contribution in [0.2, 0.25) is 0 Å². The molecule has 0 spiro atoms. The maximum Gasteiger partial charge on any atom is 0.0721 e. The number of benzene rings is 2. The highest BCUT2D eigenvalue weighted by molar-refractivity contribution is 5.49. The fraction of sp³-hybridized carbons (Fsp3) is 0.407. The van der Waals surface area contributed by atoms with Crippen LogP contribution in [0.4, 0.5) is 0 Å². The van der Waals surface area contributed by atoms with E-state index in [0.717, 1.165) is 12.3 Å². The van der Waals surface area contributed by atoms with Gasteiger partial charge in [-0.3, -0.25) is 0 Å². The van der Waals surface area contributed by atoms with Gasteiger partial charge in [0.15, 0.2) is 0 Å². The molecule has 1 heteroatoms. The lowest BCUT2D eigenvalue weighted by molar-refractivity contribution is 0.148. The second kappa shape index (κ2) is 11.0. The first-order valence-corrected chi connectivity index (χ1v) is 10.8. The number of allylic oxidation sites excluding steroid dienone is 2. The summed E-state index contributed by atoms with van der Waals surface area (Å²) in [6, 6.07) is 18.3. The van der Waals surface area contributed by atoms with E-state index in [9.17, 15) is 0 Å². The molecule has 0 unspecified atom stereocenters. The summed E-state index contributed by atoms with van der Waals surface area (Å²) in [5.74, 6) is 1.43. The molecule has 0 aromatic heterocycles. The molecule has 1 aliphatic carbocycles. The largest absolute Gasteiger partial charge is 0.373 e. The molecule has 2 aromatic carbocycles. The average molecular weight is 375 g/mol. The molecule has 1 fully saturated rings. The molecule has 0 amide bonds. The van der Waals surface area contributed by atoms with E-state index in [1.54, 1.807) is 0 Å². The first-order chi connectivity index (χ1) is 13.8. The zero-order valence-electron chi connectivity index (χ0n) is 17.4. The van der Waals surface area contributed by atoms with E-state index in [4.69, 9.17) is 4.74 Å². The van der Waals surface area contributed by atoms with Gasteiger partial charge in [0.2, 0.25) is 0 Å². The van der Waals surface area contributed by atoms with Gasteiger partial charge in [0, 0.05) is 0 Å². The monoisotopic (exact) mass is 374 g/mol. The number of hydrogen-bond acceptors (Lipinski definition) is 1. The van der Waals surface area contributed by atoms with E-state index in [2.05, 4.69) is 86.7 Å². The molecule has 0 saturated heterocycles. The Morgan fingerprint density at radius 3 is 1.93 bits per heavy atom. The van der Waals surface area contributed by atoms with Crippen molar-refractivity contribution in [3.8, 4) is 0 Å². The fourth-order valence-electron chi connectivity index (χ4n) is 4.20. The lowest BCUT2D eigenvalue weighted by Crippen LogP contribution is -2.12. The zero-order valence-corrected chi connectivity index (χ0v) is 17.4. The SMILES string of the molecule is C/C=C\c1ccc([C@H]2CC[C@H](c3ccc(COC/C=C/CC)cc3)CC2)cc1. The third kappa shape index (κ3) is 5.94. The highest BCUT2D eigenvalue weighted by atomic mass is 16.5. The van der Waals surface area contributed by atoms with Crippen molar-refractivity contribution in [2.24, 2.45) is 0 Å². The third-order valence-electron chi connectivity index (χ3n) is 5.83. The van der Waals surface area contributed by atoms with Gasteiger partial charge in [-0.1, -0.05) is 79.8 Å². The molecule has 2 aromatic rings. The Morgan fingerprint density at radius 1 is 0.821 bits per heavy atom. The summed E-state index contributed by atoms with van der Waals surface area (Å²) >= 11 is 0. The Bertz CT molecular complexity index is 744. The fourth-order valence-corrected chi connectivity index (χ4v) is 4.20. The molecule has 1 aliphatic rings. The van der Waals surface area contributed by atoms with E-state index in [-0.39, 0.29) is 0 Å². The van der Waals surface area contributed by atoms with Gasteiger partial charge in [-0.05, 0) is 73.1 Å². The summed E-state index contributed by atoms with van der Waals surface area (Å²) in [5, 5.41) is 0. The zero-order chi connectivity index (χ0) is 19.6. The molecule has 0 aliphatic heterocycles. The quantitative estimate of drug-likeness (QED) is 0.341. The minimum absolute atomic E-state index is 0.699. The van der Waals surface area contributed by atoms with Crippen molar-refractivity contribution in [1.29, 1.82) is 0 Å². The second-order valence-corrected chi connectivity index (χ2v) is 7.85. The van der Waals surface area contributed by atoms with Crippen molar-refractivity contribution in [1.82, 2.24) is 0 Å². The van der Waals surface area contributed by atoms with Crippen molar-refractivity contribution < 1.29 is 4.74 Å². The highest BCUT2D eigenvalue weighted by Gasteiger charge is 2.23. The van der Waals surface area contributed by atoms with Crippen LogP contribution in [-0.2, 0) is 11.3 Å². The predicted molar refractivity (Wildman–Crippen MR) is 121 cm³/mol. The normalized spacial score (nSPS) is 20.2. The van der Waals surface area contributed by atoms with Crippen molar-refractivity contribution in [3.63, 3.8) is 0 Å². The smallest absolute Gasteiger partial charge is 0.0721 e. The Morgan fingerprint density at radius 2 is 1.39 bits per heavy atom. The molecule has 1 nitrogen and oxygen atoms in total. The van der Waals surface area contributed by atoms with Gasteiger partial charge >= 0.3 is 0 Å². The number of rotatable bonds is 8. The Balaban J connectivity index is 1.48. The molecule has 148 valence electrons. The maximum atomic E-state index is 5.70. The molecule has 0 heterocycles. The molecule has 0 atom stereocenters. The van der Waals surface area contributed by atoms with Crippen LogP contribution in [0.1, 0.15) is 80.0 Å². The van der Waals surface area contributed by atoms with E-state index < -0.39 is 0 Å². The lowest BCUT2D eigenvalue weighted by Gasteiger charge is -2.29. The Hall–Kier alpha value is -2.12. The van der Waals surface area contributed by atoms with E-state index in [0.29, 0.717) is 19.1 Å². The highest BCUT2D eigenvalue weighted by Crippen LogP contribution is 2.40. The number of hydrogen-bond donors (Lipinski definition) is 0. The summed E-state index contributed by atoms with van der Waals surface area (Å²) in [6.07, 6.45) is 14.7. The van der Waals surface area contributed by atoms with Gasteiger partial charge in [0.05, 0.1) is 13.2 Å². The van der Waals surface area contributed by atoms with Crippen LogP contribution in [0.25, 0.3) is 6.08 Å². The van der Waals surface area contributed by atoms with Crippen LogP contribution in [0.3, 0.4) is 0 Å². The van der Waals surface area contributed by atoms with Crippen LogP contribution in [0.15, 0.2) is 66.8 Å². The van der Waals surface area contributed by atoms with Gasteiger partial charge in [0.25, 0.3) is 0 Å². The average Bonchev–Trinajstić information content (AvgIpc) is 2.75. The van der Waals surface area contributed by atoms with Gasteiger partial charge in [-0.15, -0.1) is 0 Å². The molecule has 0 radical (unpaired) electrons. The van der Waals surface area contributed by atoms with E-state index in [1.807, 2.05) is 0 Å². The van der Waals surface area contributed by atoms with Gasteiger partial charge in [-0.25, -0.2) is 0 Å². The minimum Gasteiger partial charge on any atom is -0.373 e. The Labute approximate surface area is 171 Å². The second-order valence-electron chi connectivity index (χ2n) is 7.85. The lowest BCUT2D eigenvalue weighted by atomic mass is 9.76. The number of ether oxygens (including phenoxy) is 1. The van der Waals surface area contributed by atoms with Crippen molar-refractivity contribution in [3.05, 3.63) is 89.0 Å². The summed E-state index contributed by atoms with van der Waals surface area (Å²) in [4.78, 5) is 0. The van der Waals surface area contributed by atoms with Gasteiger partial charge in [0.1, 0.15) is 0 Å². The van der Waals surface area contributed by atoms with Crippen molar-refractivity contribution in [2.45, 2.75) is 64.4 Å². The van der Waals surface area contributed by atoms with Gasteiger partial charge < -0.3 is 4.74 Å². The van der Waals surface area contributed by atoms with E-state index >= 15 is 0 Å². The van der Waals surface area contributed by atoms with Crippen molar-refractivity contribution in [2.75, 3.05) is 6.61 Å². The first kappa shape index (κ1) is 20.6. The Kier molecular flexibility index (Phi) is 8.11. The van der Waals surface area contributed by atoms with Crippen LogP contribution in [0, 0.1) is 0 Å². The van der Waals surface area contributed by atoms with Gasteiger partial charge in [-0.2, -0.15) is 0 Å². The minimum atomic E-state index is 0.699. The van der Waals surface area contributed by atoms with Crippen LogP contribution in [-0.4, -0.2) is 6.61 Å². The maximum absolute atomic E-state index is 5.70. The standard InChI is InChI=1S/C27H34O/c1-3-5-6-20-28-21-23-10-14-25(15-11-23)27-18-16-26(17-19-27)24-12-8-22(7-4-2)9-13-24/h4-15,26-27H,3,16-21H2,1-2H3/b6-5+,7-4-/t26-,27-. The summed E-state index contributed by atoms with van der Waals surface area (Å²) in [7, 11) is 0. The molecular formula is C27H34O. The third-order valence-corrected chi connectivity index (χ3v) is 5.83. The predicted octanol–water partition coefficient (Wildman–Crippen LogP) is 7.64. The van der Waals surface area contributed by atoms with E-state index in [1.165, 1.54) is 47.9 Å². The van der Waals surface area contributed by atoms with Crippen molar-refractivity contribution >= 4 is 6.08 Å². The summed E-state index contributed by atoms with van der Waals surface area (Å²) < 4.78 is 5.70. The molecule has 28 heavy (non-hydrogen) atoms. The molecular weight excluding hydrogens is 340 g/mol. The molecule has 0 bridgehead atoms. The molecule has 0 N–H and O–H groups in total. The summed E-state index contributed by atoms with van der Waals surface area (Å²) in [5.41, 5.74) is 5.57. The summed E-state index contributed by atoms with van der Waals surface area (Å²) in [6.45, 7) is 5.61. The van der Waals surface area contributed by atoms with Crippen LogP contribution < -0.4 is 0 Å². The van der Waals surface area contributed by atoms with Crippen LogP contribution in [0.5, 0.6) is 0 Å². The molecule has 1 saturated carbocycles. The molecule has 3 rings (SSSR count). The van der Waals surface area contributed by atoms with Crippen LogP contribution >= 0.6 is 0 Å².